The summed E-state index contributed by atoms with van der Waals surface area (Å²) in [4.78, 5) is 17.2. The van der Waals surface area contributed by atoms with Crippen molar-refractivity contribution in [1.29, 1.82) is 0 Å². The van der Waals surface area contributed by atoms with Crippen molar-refractivity contribution in [2.75, 3.05) is 0 Å². The zero-order chi connectivity index (χ0) is 11.7. The first-order valence-electron chi connectivity index (χ1n) is 5.13. The van der Waals surface area contributed by atoms with Gasteiger partial charge in [-0.2, -0.15) is 0 Å². The highest BCUT2D eigenvalue weighted by atomic mass is 32.1. The minimum atomic E-state index is 0.0723. The number of carbonyl (C=O) groups excluding carboxylic acids is 1. The van der Waals surface area contributed by atoms with E-state index in [0.717, 1.165) is 26.7 Å². The van der Waals surface area contributed by atoms with Crippen molar-refractivity contribution in [1.82, 2.24) is 4.98 Å². The zero-order valence-electron chi connectivity index (χ0n) is 9.57. The van der Waals surface area contributed by atoms with Crippen molar-refractivity contribution in [3.05, 3.63) is 51.0 Å². The van der Waals surface area contributed by atoms with E-state index in [1.165, 1.54) is 11.3 Å². The summed E-state index contributed by atoms with van der Waals surface area (Å²) in [6.45, 7) is 5.81. The quantitative estimate of drug-likeness (QED) is 0.742. The van der Waals surface area contributed by atoms with Crippen LogP contribution in [0.15, 0.2) is 24.3 Å². The van der Waals surface area contributed by atoms with E-state index in [1.54, 1.807) is 0 Å². The van der Waals surface area contributed by atoms with E-state index >= 15 is 0 Å². The lowest BCUT2D eigenvalue weighted by Crippen LogP contribution is -2.00. The SMILES string of the molecule is Cc1ccc(C(=O)c2sc(C)nc2C)cc1. The molecule has 0 saturated carbocycles. The van der Waals surface area contributed by atoms with Gasteiger partial charge in [-0.15, -0.1) is 11.3 Å². The smallest absolute Gasteiger partial charge is 0.204 e. The third kappa shape index (κ3) is 2.04. The molecule has 0 aliphatic heterocycles. The fourth-order valence-corrected chi connectivity index (χ4v) is 2.46. The lowest BCUT2D eigenvalue weighted by atomic mass is 10.1. The Balaban J connectivity index is 2.39. The summed E-state index contributed by atoms with van der Waals surface area (Å²) in [5.41, 5.74) is 2.72. The summed E-state index contributed by atoms with van der Waals surface area (Å²) < 4.78 is 0. The molecule has 1 aromatic heterocycles. The zero-order valence-corrected chi connectivity index (χ0v) is 10.4. The molecule has 0 aliphatic carbocycles. The van der Waals surface area contributed by atoms with Crippen LogP contribution in [0, 0.1) is 20.8 Å². The molecule has 0 radical (unpaired) electrons. The molecule has 0 N–H and O–H groups in total. The average Bonchev–Trinajstić information content (AvgIpc) is 2.58. The molecule has 0 amide bonds. The molecule has 0 atom stereocenters. The maximum atomic E-state index is 12.2. The number of aryl methyl sites for hydroxylation is 3. The Hall–Kier alpha value is -1.48. The fourth-order valence-electron chi connectivity index (χ4n) is 1.58. The van der Waals surface area contributed by atoms with Crippen LogP contribution in [0.4, 0.5) is 0 Å². The Labute approximate surface area is 99.0 Å². The van der Waals surface area contributed by atoms with Gasteiger partial charge in [0.05, 0.1) is 15.6 Å². The Morgan fingerprint density at radius 1 is 1.12 bits per heavy atom. The molecule has 0 aliphatic rings. The Morgan fingerprint density at radius 2 is 1.75 bits per heavy atom. The number of benzene rings is 1. The standard InChI is InChI=1S/C13H13NOS/c1-8-4-6-11(7-5-8)12(15)13-9(2)14-10(3)16-13/h4-7H,1-3H3. The molecule has 0 spiro atoms. The van der Waals surface area contributed by atoms with Crippen LogP contribution in [0.5, 0.6) is 0 Å². The van der Waals surface area contributed by atoms with Gasteiger partial charge in [0, 0.05) is 5.56 Å². The van der Waals surface area contributed by atoms with Gasteiger partial charge in [-0.05, 0) is 20.8 Å². The monoisotopic (exact) mass is 231 g/mol. The van der Waals surface area contributed by atoms with Crippen molar-refractivity contribution in [2.45, 2.75) is 20.8 Å². The number of thiazole rings is 1. The molecule has 16 heavy (non-hydrogen) atoms. The van der Waals surface area contributed by atoms with Crippen LogP contribution >= 0.6 is 11.3 Å². The molecular weight excluding hydrogens is 218 g/mol. The van der Waals surface area contributed by atoms with Crippen molar-refractivity contribution in [3.8, 4) is 0 Å². The molecule has 2 rings (SSSR count). The van der Waals surface area contributed by atoms with Crippen LogP contribution in [0.1, 0.15) is 31.5 Å². The van der Waals surface area contributed by atoms with Gasteiger partial charge >= 0.3 is 0 Å². The van der Waals surface area contributed by atoms with Gasteiger partial charge in [-0.25, -0.2) is 4.98 Å². The molecule has 3 heteroatoms. The van der Waals surface area contributed by atoms with Crippen LogP contribution < -0.4 is 0 Å². The van der Waals surface area contributed by atoms with Gasteiger partial charge in [0.2, 0.25) is 5.78 Å². The minimum Gasteiger partial charge on any atom is -0.288 e. The number of ketones is 1. The fraction of sp³-hybridized carbons (Fsp3) is 0.231. The molecule has 1 aromatic carbocycles. The van der Waals surface area contributed by atoms with E-state index in [-0.39, 0.29) is 5.78 Å². The van der Waals surface area contributed by atoms with Crippen LogP contribution in [0.2, 0.25) is 0 Å². The molecular formula is C13H13NOS. The summed E-state index contributed by atoms with van der Waals surface area (Å²) in [6, 6.07) is 7.64. The van der Waals surface area contributed by atoms with E-state index in [2.05, 4.69) is 4.98 Å². The van der Waals surface area contributed by atoms with Crippen LogP contribution in [0.25, 0.3) is 0 Å². The van der Waals surface area contributed by atoms with Crippen LogP contribution in [-0.2, 0) is 0 Å². The second-order valence-corrected chi connectivity index (χ2v) is 5.05. The molecule has 0 bridgehead atoms. The second kappa shape index (κ2) is 4.18. The van der Waals surface area contributed by atoms with E-state index in [9.17, 15) is 4.79 Å². The number of aromatic nitrogens is 1. The lowest BCUT2D eigenvalue weighted by molar-refractivity contribution is 0.104. The number of rotatable bonds is 2. The normalized spacial score (nSPS) is 10.4. The molecule has 82 valence electrons. The molecule has 2 nitrogen and oxygen atoms in total. The number of nitrogens with zero attached hydrogens (tertiary/aromatic N) is 1. The molecule has 0 fully saturated rings. The molecule has 0 saturated heterocycles. The van der Waals surface area contributed by atoms with Gasteiger partial charge in [0.15, 0.2) is 0 Å². The van der Waals surface area contributed by atoms with Gasteiger partial charge < -0.3 is 0 Å². The van der Waals surface area contributed by atoms with Crippen molar-refractivity contribution < 1.29 is 4.79 Å². The first kappa shape index (κ1) is 11.0. The van der Waals surface area contributed by atoms with Gasteiger partial charge in [-0.1, -0.05) is 29.8 Å². The van der Waals surface area contributed by atoms with E-state index < -0.39 is 0 Å². The summed E-state index contributed by atoms with van der Waals surface area (Å²) in [5.74, 6) is 0.0723. The van der Waals surface area contributed by atoms with Crippen LogP contribution in [-0.4, -0.2) is 10.8 Å². The minimum absolute atomic E-state index is 0.0723. The van der Waals surface area contributed by atoms with E-state index in [4.69, 9.17) is 0 Å². The number of hydrogen-bond donors (Lipinski definition) is 0. The first-order valence-corrected chi connectivity index (χ1v) is 5.95. The topological polar surface area (TPSA) is 30.0 Å². The predicted octanol–water partition coefficient (Wildman–Crippen LogP) is 3.30. The number of carbonyl (C=O) groups is 1. The third-order valence-corrected chi connectivity index (χ3v) is 3.50. The van der Waals surface area contributed by atoms with Crippen molar-refractivity contribution in [2.24, 2.45) is 0 Å². The van der Waals surface area contributed by atoms with E-state index in [0.29, 0.717) is 0 Å². The highest BCUT2D eigenvalue weighted by molar-refractivity contribution is 7.14. The summed E-state index contributed by atoms with van der Waals surface area (Å²) >= 11 is 1.46. The van der Waals surface area contributed by atoms with Crippen molar-refractivity contribution in [3.63, 3.8) is 0 Å². The van der Waals surface area contributed by atoms with Crippen molar-refractivity contribution >= 4 is 17.1 Å². The largest absolute Gasteiger partial charge is 0.288 e. The number of hydrogen-bond acceptors (Lipinski definition) is 3. The third-order valence-electron chi connectivity index (χ3n) is 2.42. The average molecular weight is 231 g/mol. The van der Waals surface area contributed by atoms with Gasteiger partial charge in [-0.3, -0.25) is 4.79 Å². The van der Waals surface area contributed by atoms with Gasteiger partial charge in [0.1, 0.15) is 0 Å². The molecule has 0 unspecified atom stereocenters. The lowest BCUT2D eigenvalue weighted by Gasteiger charge is -1.99. The highest BCUT2D eigenvalue weighted by Gasteiger charge is 2.15. The second-order valence-electron chi connectivity index (χ2n) is 3.84. The maximum Gasteiger partial charge on any atom is 0.204 e. The molecule has 1 heterocycles. The Morgan fingerprint density at radius 3 is 2.25 bits per heavy atom. The first-order chi connectivity index (χ1) is 7.58. The Kier molecular flexibility index (Phi) is 2.88. The summed E-state index contributed by atoms with van der Waals surface area (Å²) in [5, 5.41) is 0.938. The predicted molar refractivity (Wildman–Crippen MR) is 66.2 cm³/mol. The summed E-state index contributed by atoms with van der Waals surface area (Å²) in [7, 11) is 0. The Bertz CT molecular complexity index is 525. The highest BCUT2D eigenvalue weighted by Crippen LogP contribution is 2.21. The van der Waals surface area contributed by atoms with Crippen LogP contribution in [0.3, 0.4) is 0 Å². The van der Waals surface area contributed by atoms with Gasteiger partial charge in [0.25, 0.3) is 0 Å². The molecule has 2 aromatic rings. The van der Waals surface area contributed by atoms with E-state index in [1.807, 2.05) is 45.0 Å². The summed E-state index contributed by atoms with van der Waals surface area (Å²) in [6.07, 6.45) is 0. The maximum absolute atomic E-state index is 12.2.